The largest absolute Gasteiger partial charge is 0.441 e. The van der Waals surface area contributed by atoms with Crippen LogP contribution in [-0.2, 0) is 17.8 Å². The number of halogens is 3. The van der Waals surface area contributed by atoms with Gasteiger partial charge in [-0.3, -0.25) is 4.79 Å². The highest BCUT2D eigenvalue weighted by Crippen LogP contribution is 2.26. The van der Waals surface area contributed by atoms with Crippen LogP contribution in [0.5, 0.6) is 0 Å². The molecule has 0 aliphatic carbocycles. The molecule has 5 nitrogen and oxygen atoms in total. The van der Waals surface area contributed by atoms with E-state index in [2.05, 4.69) is 4.98 Å². The standard InChI is InChI=1S/C21H16F3N3O2/c1-27(12-14-9-13(10-25)5-6-15(14)22)20(28)8-7-19-26-11-18(29-19)21-16(23)3-2-4-17(21)24/h2-6,9,11H,7-8,12H2,1H3. The molecule has 3 rings (SSSR count). The SMILES string of the molecule is CN(Cc1cc(C#N)ccc1F)C(=O)CCc1ncc(-c2c(F)cccc2F)o1. The van der Waals surface area contributed by atoms with Crippen molar-refractivity contribution in [1.82, 2.24) is 9.88 Å². The molecule has 1 heterocycles. The van der Waals surface area contributed by atoms with E-state index in [1.54, 1.807) is 0 Å². The summed E-state index contributed by atoms with van der Waals surface area (Å²) in [6, 6.07) is 9.32. The lowest BCUT2D eigenvalue weighted by molar-refractivity contribution is -0.130. The van der Waals surface area contributed by atoms with Gasteiger partial charge in [0.2, 0.25) is 5.91 Å². The van der Waals surface area contributed by atoms with Crippen LogP contribution in [0, 0.1) is 28.8 Å². The summed E-state index contributed by atoms with van der Waals surface area (Å²) < 4.78 is 46.9. The van der Waals surface area contributed by atoms with Crippen LogP contribution in [-0.4, -0.2) is 22.8 Å². The maximum Gasteiger partial charge on any atom is 0.223 e. The first-order valence-corrected chi connectivity index (χ1v) is 8.70. The summed E-state index contributed by atoms with van der Waals surface area (Å²) in [7, 11) is 1.51. The molecule has 0 radical (unpaired) electrons. The van der Waals surface area contributed by atoms with Gasteiger partial charge in [0.1, 0.15) is 17.5 Å². The van der Waals surface area contributed by atoms with Crippen molar-refractivity contribution >= 4 is 5.91 Å². The zero-order valence-corrected chi connectivity index (χ0v) is 15.5. The molecule has 0 aliphatic heterocycles. The number of nitriles is 1. The maximum absolute atomic E-state index is 13.9. The van der Waals surface area contributed by atoms with Crippen molar-refractivity contribution in [3.8, 4) is 17.4 Å². The predicted octanol–water partition coefficient (Wildman–Crippen LogP) is 4.22. The molecule has 8 heteroatoms. The van der Waals surface area contributed by atoms with Crippen LogP contribution in [0.2, 0.25) is 0 Å². The van der Waals surface area contributed by atoms with Gasteiger partial charge in [0.25, 0.3) is 0 Å². The Morgan fingerprint density at radius 3 is 2.59 bits per heavy atom. The topological polar surface area (TPSA) is 70.1 Å². The molecular weight excluding hydrogens is 383 g/mol. The molecule has 0 aliphatic rings. The summed E-state index contributed by atoms with van der Waals surface area (Å²) in [5, 5.41) is 8.91. The molecule has 1 aromatic heterocycles. The van der Waals surface area contributed by atoms with Crippen LogP contribution in [0.1, 0.15) is 23.4 Å². The van der Waals surface area contributed by atoms with E-state index in [1.165, 1.54) is 42.4 Å². The van der Waals surface area contributed by atoms with Crippen molar-refractivity contribution in [3.05, 3.63) is 77.1 Å². The summed E-state index contributed by atoms with van der Waals surface area (Å²) >= 11 is 0. The van der Waals surface area contributed by atoms with Gasteiger partial charge in [-0.25, -0.2) is 18.2 Å². The van der Waals surface area contributed by atoms with Gasteiger partial charge in [-0.1, -0.05) is 6.07 Å². The summed E-state index contributed by atoms with van der Waals surface area (Å²) in [4.78, 5) is 17.6. The number of carbonyl (C=O) groups excluding carboxylic acids is 1. The minimum atomic E-state index is -0.773. The Morgan fingerprint density at radius 1 is 1.17 bits per heavy atom. The number of amides is 1. The van der Waals surface area contributed by atoms with E-state index in [-0.39, 0.29) is 48.1 Å². The van der Waals surface area contributed by atoms with Crippen molar-refractivity contribution in [3.63, 3.8) is 0 Å². The van der Waals surface area contributed by atoms with Gasteiger partial charge in [0.15, 0.2) is 11.7 Å². The number of benzene rings is 2. The summed E-state index contributed by atoms with van der Waals surface area (Å²) in [6.45, 7) is -0.00252. The van der Waals surface area contributed by atoms with Crippen LogP contribution >= 0.6 is 0 Å². The molecule has 148 valence electrons. The average molecular weight is 399 g/mol. The second-order valence-corrected chi connectivity index (χ2v) is 6.38. The van der Waals surface area contributed by atoms with E-state index in [9.17, 15) is 18.0 Å². The van der Waals surface area contributed by atoms with E-state index in [0.29, 0.717) is 5.56 Å². The van der Waals surface area contributed by atoms with Crippen molar-refractivity contribution in [2.75, 3.05) is 7.05 Å². The first kappa shape index (κ1) is 20.1. The Balaban J connectivity index is 1.63. The van der Waals surface area contributed by atoms with Crippen LogP contribution in [0.4, 0.5) is 13.2 Å². The van der Waals surface area contributed by atoms with E-state index in [0.717, 1.165) is 12.1 Å². The Labute approximate surface area is 165 Å². The number of oxazole rings is 1. The van der Waals surface area contributed by atoms with Gasteiger partial charge in [-0.15, -0.1) is 0 Å². The smallest absolute Gasteiger partial charge is 0.223 e. The first-order valence-electron chi connectivity index (χ1n) is 8.70. The lowest BCUT2D eigenvalue weighted by Gasteiger charge is -2.17. The molecule has 1 amide bonds. The number of rotatable bonds is 6. The second kappa shape index (κ2) is 8.61. The average Bonchev–Trinajstić information content (AvgIpc) is 3.16. The van der Waals surface area contributed by atoms with E-state index >= 15 is 0 Å². The zero-order valence-electron chi connectivity index (χ0n) is 15.5. The first-order chi connectivity index (χ1) is 13.9. The molecule has 0 saturated carbocycles. The minimum Gasteiger partial charge on any atom is -0.441 e. The zero-order chi connectivity index (χ0) is 21.0. The highest BCUT2D eigenvalue weighted by Gasteiger charge is 2.17. The van der Waals surface area contributed by atoms with Gasteiger partial charge >= 0.3 is 0 Å². The van der Waals surface area contributed by atoms with Crippen LogP contribution in [0.3, 0.4) is 0 Å². The van der Waals surface area contributed by atoms with Crippen LogP contribution in [0.15, 0.2) is 47.0 Å². The molecule has 0 spiro atoms. The van der Waals surface area contributed by atoms with Gasteiger partial charge in [-0.2, -0.15) is 5.26 Å². The maximum atomic E-state index is 13.9. The van der Waals surface area contributed by atoms with Gasteiger partial charge in [-0.05, 0) is 30.3 Å². The lowest BCUT2D eigenvalue weighted by atomic mass is 10.1. The fraction of sp³-hybridized carbons (Fsp3) is 0.190. The Bertz CT molecular complexity index is 1070. The van der Waals surface area contributed by atoms with Crippen molar-refractivity contribution in [2.24, 2.45) is 0 Å². The monoisotopic (exact) mass is 399 g/mol. The number of carbonyl (C=O) groups is 1. The lowest BCUT2D eigenvalue weighted by Crippen LogP contribution is -2.26. The third-order valence-corrected chi connectivity index (χ3v) is 4.32. The Hall–Kier alpha value is -3.60. The molecule has 0 atom stereocenters. The van der Waals surface area contributed by atoms with Crippen molar-refractivity contribution in [2.45, 2.75) is 19.4 Å². The quantitative estimate of drug-likeness (QED) is 0.622. The number of hydrogen-bond acceptors (Lipinski definition) is 4. The molecule has 3 aromatic rings. The van der Waals surface area contributed by atoms with E-state index in [4.69, 9.17) is 9.68 Å². The molecule has 2 aromatic carbocycles. The summed E-state index contributed by atoms with van der Waals surface area (Å²) in [6.07, 6.45) is 1.32. The molecule has 0 bridgehead atoms. The number of hydrogen-bond donors (Lipinski definition) is 0. The second-order valence-electron chi connectivity index (χ2n) is 6.38. The summed E-state index contributed by atoms with van der Waals surface area (Å²) in [5.74, 6) is -2.26. The highest BCUT2D eigenvalue weighted by atomic mass is 19.1. The van der Waals surface area contributed by atoms with Crippen molar-refractivity contribution in [1.29, 1.82) is 5.26 Å². The van der Waals surface area contributed by atoms with Crippen LogP contribution < -0.4 is 0 Å². The third kappa shape index (κ3) is 4.63. The molecule has 0 saturated heterocycles. The fourth-order valence-electron chi connectivity index (χ4n) is 2.79. The molecule has 0 unspecified atom stereocenters. The predicted molar refractivity (Wildman–Crippen MR) is 97.8 cm³/mol. The number of aromatic nitrogens is 1. The Morgan fingerprint density at radius 2 is 1.90 bits per heavy atom. The summed E-state index contributed by atoms with van der Waals surface area (Å²) in [5.41, 5.74) is 0.214. The number of nitrogens with zero attached hydrogens (tertiary/aromatic N) is 3. The normalized spacial score (nSPS) is 10.6. The minimum absolute atomic E-state index is 0.00252. The van der Waals surface area contributed by atoms with E-state index < -0.39 is 17.5 Å². The highest BCUT2D eigenvalue weighted by molar-refractivity contribution is 5.76. The molecule has 0 N–H and O–H groups in total. The van der Waals surface area contributed by atoms with Crippen molar-refractivity contribution < 1.29 is 22.4 Å². The van der Waals surface area contributed by atoms with Crippen LogP contribution in [0.25, 0.3) is 11.3 Å². The van der Waals surface area contributed by atoms with E-state index in [1.807, 2.05) is 6.07 Å². The van der Waals surface area contributed by atoms with Gasteiger partial charge in [0.05, 0.1) is 23.4 Å². The number of aryl methyl sites for hydroxylation is 1. The molecule has 29 heavy (non-hydrogen) atoms. The van der Waals surface area contributed by atoms with Gasteiger partial charge < -0.3 is 9.32 Å². The third-order valence-electron chi connectivity index (χ3n) is 4.32. The fourth-order valence-corrected chi connectivity index (χ4v) is 2.79. The Kier molecular flexibility index (Phi) is 5.98. The molecule has 0 fully saturated rings. The van der Waals surface area contributed by atoms with Gasteiger partial charge in [0, 0.05) is 32.0 Å². The molecular formula is C21H16F3N3O2.